The van der Waals surface area contributed by atoms with E-state index in [-0.39, 0.29) is 59.9 Å². The molecule has 15 nitrogen and oxygen atoms in total. The lowest BCUT2D eigenvalue weighted by Gasteiger charge is -2.37. The van der Waals surface area contributed by atoms with Crippen molar-refractivity contribution < 1.29 is 23.9 Å². The number of Topliss-reactive ketones (excluding diaryl/α,β-unsaturated/α-hetero) is 1. The molecule has 4 aromatic heterocycles. The molecule has 68 heavy (non-hydrogen) atoms. The Morgan fingerprint density at radius 1 is 0.765 bits per heavy atom. The van der Waals surface area contributed by atoms with E-state index >= 15 is 0 Å². The van der Waals surface area contributed by atoms with Crippen LogP contribution in [-0.2, 0) is 32.3 Å². The number of anilines is 3. The van der Waals surface area contributed by atoms with Crippen LogP contribution in [0.25, 0.3) is 11.7 Å². The fraction of sp³-hybridized carbons (Fsp3) is 0.269. The Hall–Kier alpha value is -7.72. The van der Waals surface area contributed by atoms with E-state index in [9.17, 15) is 24.0 Å². The van der Waals surface area contributed by atoms with Crippen LogP contribution in [0.4, 0.5) is 16.9 Å². The van der Waals surface area contributed by atoms with Crippen molar-refractivity contribution in [2.24, 2.45) is 7.05 Å². The molecular formula is C52H53N9O6S. The van der Waals surface area contributed by atoms with E-state index in [0.717, 1.165) is 22.4 Å². The zero-order valence-electron chi connectivity index (χ0n) is 39.0. The van der Waals surface area contributed by atoms with Gasteiger partial charge < -0.3 is 24.4 Å². The number of imidazole rings is 1. The Labute approximate surface area is 398 Å². The fourth-order valence-electron chi connectivity index (χ4n) is 8.02. The third kappa shape index (κ3) is 9.86. The molecule has 348 valence electrons. The summed E-state index contributed by atoms with van der Waals surface area (Å²) in [6.07, 6.45) is 5.56. The van der Waals surface area contributed by atoms with Gasteiger partial charge in [0.15, 0.2) is 5.13 Å². The highest BCUT2D eigenvalue weighted by atomic mass is 32.1. The molecule has 0 spiro atoms. The van der Waals surface area contributed by atoms with Gasteiger partial charge in [0, 0.05) is 68.1 Å². The van der Waals surface area contributed by atoms with E-state index in [1.165, 1.54) is 51.1 Å². The zero-order valence-corrected chi connectivity index (χ0v) is 39.8. The Bertz CT molecular complexity index is 2990. The molecule has 16 heteroatoms. The molecule has 2 N–H and O–H groups in total. The molecule has 1 aliphatic heterocycles. The molecule has 0 unspecified atom stereocenters. The van der Waals surface area contributed by atoms with Crippen molar-refractivity contribution in [3.8, 4) is 0 Å². The number of esters is 1. The molecule has 5 heterocycles. The van der Waals surface area contributed by atoms with E-state index in [2.05, 4.69) is 15.6 Å². The van der Waals surface area contributed by atoms with Crippen molar-refractivity contribution in [3.05, 3.63) is 177 Å². The van der Waals surface area contributed by atoms with Crippen LogP contribution in [0.3, 0.4) is 0 Å². The van der Waals surface area contributed by atoms with Crippen molar-refractivity contribution in [2.45, 2.75) is 58.1 Å². The smallest absolute Gasteiger partial charge is 0.331 e. The summed E-state index contributed by atoms with van der Waals surface area (Å²) in [5.41, 5.74) is 1.83. The quantitative estimate of drug-likeness (QED) is 0.0404. The first-order chi connectivity index (χ1) is 32.4. The Kier molecular flexibility index (Phi) is 13.0. The van der Waals surface area contributed by atoms with Gasteiger partial charge in [0.25, 0.3) is 23.2 Å². The number of benzene rings is 3. The topological polar surface area (TPSA) is 173 Å². The van der Waals surface area contributed by atoms with Crippen molar-refractivity contribution in [2.75, 3.05) is 41.7 Å². The minimum atomic E-state index is -0.921. The van der Waals surface area contributed by atoms with E-state index in [1.807, 2.05) is 122 Å². The summed E-state index contributed by atoms with van der Waals surface area (Å²) < 4.78 is 8.47. The molecular weight excluding hydrogens is 879 g/mol. The van der Waals surface area contributed by atoms with Gasteiger partial charge in [-0.15, -0.1) is 11.3 Å². The van der Waals surface area contributed by atoms with E-state index in [0.29, 0.717) is 11.1 Å². The zero-order chi connectivity index (χ0) is 48.4. The average Bonchev–Trinajstić information content (AvgIpc) is 3.96. The molecule has 0 radical (unpaired) electrons. The monoisotopic (exact) mass is 931 g/mol. The molecule has 0 saturated carbocycles. The number of hydrogen-bond acceptors (Lipinski definition) is 12. The summed E-state index contributed by atoms with van der Waals surface area (Å²) in [5, 5.41) is 8.87. The van der Waals surface area contributed by atoms with Gasteiger partial charge in [0.1, 0.15) is 28.3 Å². The summed E-state index contributed by atoms with van der Waals surface area (Å²) in [4.78, 5) is 85.9. The Morgan fingerprint density at radius 3 is 1.90 bits per heavy atom. The van der Waals surface area contributed by atoms with Crippen LogP contribution in [0, 0.1) is 0 Å². The van der Waals surface area contributed by atoms with Crippen LogP contribution in [-0.4, -0.2) is 84.2 Å². The highest BCUT2D eigenvalue weighted by Crippen LogP contribution is 2.40. The van der Waals surface area contributed by atoms with Crippen LogP contribution in [0.15, 0.2) is 132 Å². The SMILES string of the molecule is Cn1cc(C(=O)C(=O)N2CCN(c3nc4cc(C(=O)Nc5nc(C(C)(C)C)cs5)ccn4c(=O)c3C=CC(=O)OC(C)(C)C)CC2)nc1NC(c1ccccc1)(c1ccccc1)c1ccccc1. The number of rotatable bonds is 12. The number of nitrogens with one attached hydrogen (secondary N) is 2. The highest BCUT2D eigenvalue weighted by molar-refractivity contribution is 7.14. The van der Waals surface area contributed by atoms with Gasteiger partial charge in [0.2, 0.25) is 5.95 Å². The lowest BCUT2D eigenvalue weighted by atomic mass is 9.77. The maximum absolute atomic E-state index is 14.2. The number of aromatic nitrogens is 5. The molecule has 0 bridgehead atoms. The second kappa shape index (κ2) is 18.9. The number of pyridine rings is 1. The molecule has 1 saturated heterocycles. The first-order valence-corrected chi connectivity index (χ1v) is 23.1. The van der Waals surface area contributed by atoms with Crippen molar-refractivity contribution in [1.29, 1.82) is 0 Å². The number of nitrogens with zero attached hydrogens (tertiary/aromatic N) is 7. The standard InChI is InChI=1S/C52H53N9O6S/c1-50(2,3)40-33-68-49(54-40)56-45(64)34-25-26-61-41(31-34)55-44(38(46(61)65)23-24-42(62)67-51(4,5)6)59-27-29-60(30-28-59)47(66)43(63)39-32-58(7)48(53-39)57-52(35-17-11-8-12-18-35,36-19-13-9-14-20-36)37-21-15-10-16-22-37/h8-26,31-33H,27-30H2,1-7H3,(H,53,57)(H,54,56,64). The first kappa shape index (κ1) is 46.8. The maximum atomic E-state index is 14.2. The lowest BCUT2D eigenvalue weighted by molar-refractivity contribution is -0.148. The molecule has 3 aromatic carbocycles. The average molecular weight is 932 g/mol. The third-order valence-corrected chi connectivity index (χ3v) is 12.2. The first-order valence-electron chi connectivity index (χ1n) is 22.2. The van der Waals surface area contributed by atoms with E-state index in [1.54, 1.807) is 38.6 Å². The number of fused-ring (bicyclic) bond motifs is 1. The molecule has 0 aliphatic carbocycles. The maximum Gasteiger partial charge on any atom is 0.331 e. The molecule has 7 aromatic rings. The summed E-state index contributed by atoms with van der Waals surface area (Å²) in [5.74, 6) is -1.96. The van der Waals surface area contributed by atoms with Gasteiger partial charge in [-0.05, 0) is 55.7 Å². The van der Waals surface area contributed by atoms with Crippen molar-refractivity contribution in [3.63, 3.8) is 0 Å². The number of thiazole rings is 1. The molecule has 8 rings (SSSR count). The number of amides is 2. The van der Waals surface area contributed by atoms with Gasteiger partial charge >= 0.3 is 5.97 Å². The van der Waals surface area contributed by atoms with Gasteiger partial charge in [-0.25, -0.2) is 19.7 Å². The van der Waals surface area contributed by atoms with Crippen molar-refractivity contribution in [1.82, 2.24) is 28.8 Å². The third-order valence-electron chi connectivity index (χ3n) is 11.5. The van der Waals surface area contributed by atoms with Gasteiger partial charge in [0.05, 0.1) is 11.3 Å². The normalized spacial score (nSPS) is 13.5. The molecule has 2 amide bonds. The van der Waals surface area contributed by atoms with Crippen LogP contribution in [0.5, 0.6) is 0 Å². The Balaban J connectivity index is 1.05. The second-order valence-corrected chi connectivity index (χ2v) is 19.4. The molecule has 0 atom stereocenters. The van der Waals surface area contributed by atoms with E-state index in [4.69, 9.17) is 14.7 Å². The lowest BCUT2D eigenvalue weighted by Crippen LogP contribution is -2.51. The van der Waals surface area contributed by atoms with Crippen LogP contribution >= 0.6 is 11.3 Å². The number of ketones is 1. The summed E-state index contributed by atoms with van der Waals surface area (Å²) >= 11 is 1.32. The van der Waals surface area contributed by atoms with Crippen LogP contribution in [0.1, 0.15) is 90.3 Å². The number of aryl methyl sites for hydroxylation is 1. The minimum absolute atomic E-state index is 0.0198. The van der Waals surface area contributed by atoms with Gasteiger partial charge in [-0.3, -0.25) is 28.9 Å². The van der Waals surface area contributed by atoms with Gasteiger partial charge in [-0.2, -0.15) is 0 Å². The summed E-state index contributed by atoms with van der Waals surface area (Å²) in [6, 6.07) is 33.0. The number of carbonyl (C=O) groups excluding carboxylic acids is 4. The minimum Gasteiger partial charge on any atom is -0.457 e. The number of ether oxygens (including phenoxy) is 1. The Morgan fingerprint density at radius 2 is 1.35 bits per heavy atom. The molecule has 1 fully saturated rings. The van der Waals surface area contributed by atoms with Crippen LogP contribution in [0.2, 0.25) is 0 Å². The predicted molar refractivity (Wildman–Crippen MR) is 264 cm³/mol. The van der Waals surface area contributed by atoms with Gasteiger partial charge in [-0.1, -0.05) is 112 Å². The molecule has 1 aliphatic rings. The highest BCUT2D eigenvalue weighted by Gasteiger charge is 2.38. The predicted octanol–water partition coefficient (Wildman–Crippen LogP) is 7.72. The van der Waals surface area contributed by atoms with E-state index < -0.39 is 40.3 Å². The largest absolute Gasteiger partial charge is 0.457 e. The number of piperazine rings is 1. The van der Waals surface area contributed by atoms with Crippen molar-refractivity contribution >= 4 is 63.5 Å². The summed E-state index contributed by atoms with van der Waals surface area (Å²) in [7, 11) is 1.77. The second-order valence-electron chi connectivity index (χ2n) is 18.5. The fourth-order valence-corrected chi connectivity index (χ4v) is 8.95. The van der Waals surface area contributed by atoms with Crippen LogP contribution < -0.4 is 21.1 Å². The number of hydrogen-bond donors (Lipinski definition) is 2. The summed E-state index contributed by atoms with van der Waals surface area (Å²) in [6.45, 7) is 12.0. The number of carbonyl (C=O) groups is 4.